The minimum atomic E-state index is -0.479. The average molecular weight is 504 g/mol. The second kappa shape index (κ2) is 12.2. The Balaban J connectivity index is 1.65. The van der Waals surface area contributed by atoms with Crippen LogP contribution in [-0.4, -0.2) is 39.0 Å². The van der Waals surface area contributed by atoms with Crippen LogP contribution in [0.2, 0.25) is 5.02 Å². The lowest BCUT2D eigenvalue weighted by Crippen LogP contribution is -2.35. The van der Waals surface area contributed by atoms with Crippen LogP contribution in [0.5, 0.6) is 11.6 Å². The van der Waals surface area contributed by atoms with E-state index in [1.807, 2.05) is 84.4 Å². The molecule has 0 radical (unpaired) electrons. The Kier molecular flexibility index (Phi) is 8.81. The zero-order valence-electron chi connectivity index (χ0n) is 21.1. The predicted molar refractivity (Wildman–Crippen MR) is 146 cm³/mol. The van der Waals surface area contributed by atoms with Gasteiger partial charge >= 0.3 is 0 Å². The molecule has 4 rings (SSSR count). The van der Waals surface area contributed by atoms with Crippen molar-refractivity contribution in [2.45, 2.75) is 39.8 Å². The molecule has 0 aliphatic carbocycles. The average Bonchev–Trinajstić information content (AvgIpc) is 3.14. The van der Waals surface area contributed by atoms with Crippen molar-refractivity contribution in [3.63, 3.8) is 0 Å². The van der Waals surface area contributed by atoms with Gasteiger partial charge in [0.2, 0.25) is 5.88 Å². The molecule has 36 heavy (non-hydrogen) atoms. The number of benzene rings is 3. The third kappa shape index (κ3) is 6.97. The minimum absolute atomic E-state index is 0.440. The summed E-state index contributed by atoms with van der Waals surface area (Å²) in [6.07, 6.45) is 0.136. The Morgan fingerprint density at radius 3 is 2.31 bits per heavy atom. The van der Waals surface area contributed by atoms with Gasteiger partial charge < -0.3 is 9.84 Å². The van der Waals surface area contributed by atoms with Crippen molar-refractivity contribution in [3.8, 4) is 17.3 Å². The zero-order chi connectivity index (χ0) is 25.5. The van der Waals surface area contributed by atoms with E-state index in [1.165, 1.54) is 0 Å². The minimum Gasteiger partial charge on any atom is -0.439 e. The molecule has 188 valence electrons. The van der Waals surface area contributed by atoms with E-state index in [-0.39, 0.29) is 0 Å². The molecule has 0 amide bonds. The molecule has 0 bridgehead atoms. The van der Waals surface area contributed by atoms with Gasteiger partial charge in [0.1, 0.15) is 5.75 Å². The van der Waals surface area contributed by atoms with E-state index >= 15 is 0 Å². The highest BCUT2D eigenvalue weighted by atomic mass is 35.5. The number of aryl methyl sites for hydroxylation is 1. The number of para-hydroxylation sites is 1. The summed E-state index contributed by atoms with van der Waals surface area (Å²) in [6.45, 7) is 8.40. The van der Waals surface area contributed by atoms with E-state index in [9.17, 15) is 5.11 Å². The van der Waals surface area contributed by atoms with Crippen LogP contribution in [-0.2, 0) is 13.0 Å². The van der Waals surface area contributed by atoms with E-state index in [4.69, 9.17) is 21.4 Å². The highest BCUT2D eigenvalue weighted by Crippen LogP contribution is 2.32. The van der Waals surface area contributed by atoms with Crippen molar-refractivity contribution >= 4 is 11.6 Å². The fourth-order valence-electron chi connectivity index (χ4n) is 4.40. The highest BCUT2D eigenvalue weighted by molar-refractivity contribution is 6.30. The van der Waals surface area contributed by atoms with E-state index < -0.39 is 6.10 Å². The second-order valence-corrected chi connectivity index (χ2v) is 10.0. The van der Waals surface area contributed by atoms with Crippen molar-refractivity contribution in [2.75, 3.05) is 13.1 Å². The van der Waals surface area contributed by atoms with Gasteiger partial charge in [-0.25, -0.2) is 4.68 Å². The quantitative estimate of drug-likeness (QED) is 0.248. The molecule has 1 N–H and O–H groups in total. The van der Waals surface area contributed by atoms with E-state index in [0.717, 1.165) is 34.8 Å². The summed E-state index contributed by atoms with van der Waals surface area (Å²) in [5, 5.41) is 16.4. The topological polar surface area (TPSA) is 50.5 Å². The van der Waals surface area contributed by atoms with E-state index in [1.54, 1.807) is 0 Å². The first kappa shape index (κ1) is 26.0. The predicted octanol–water partition coefficient (Wildman–Crippen LogP) is 6.69. The van der Waals surface area contributed by atoms with Crippen LogP contribution in [0.25, 0.3) is 5.69 Å². The molecule has 0 spiro atoms. The summed E-state index contributed by atoms with van der Waals surface area (Å²) < 4.78 is 8.25. The Morgan fingerprint density at radius 1 is 0.944 bits per heavy atom. The van der Waals surface area contributed by atoms with Crippen molar-refractivity contribution in [3.05, 3.63) is 107 Å². The fraction of sp³-hybridized carbons (Fsp3) is 0.300. The molecule has 0 fully saturated rings. The SMILES string of the molecule is Cc1nn(-c2cccc(Cl)c2)c(Oc2ccccc2)c1CN(CC(C)C)CC(O)Cc1ccccc1. The van der Waals surface area contributed by atoms with Gasteiger partial charge in [0, 0.05) is 24.7 Å². The van der Waals surface area contributed by atoms with Crippen molar-refractivity contribution < 1.29 is 9.84 Å². The zero-order valence-corrected chi connectivity index (χ0v) is 21.9. The maximum atomic E-state index is 10.9. The lowest BCUT2D eigenvalue weighted by Gasteiger charge is -2.27. The van der Waals surface area contributed by atoms with Gasteiger partial charge in [-0.1, -0.05) is 80.0 Å². The molecule has 1 heterocycles. The van der Waals surface area contributed by atoms with Crippen LogP contribution in [0.1, 0.15) is 30.7 Å². The summed E-state index contributed by atoms with van der Waals surface area (Å²) >= 11 is 6.30. The number of aromatic nitrogens is 2. The molecule has 3 aromatic carbocycles. The molecule has 0 saturated carbocycles. The highest BCUT2D eigenvalue weighted by Gasteiger charge is 2.23. The lowest BCUT2D eigenvalue weighted by atomic mass is 10.1. The molecule has 6 heteroatoms. The molecule has 4 aromatic rings. The van der Waals surface area contributed by atoms with Gasteiger partial charge in [-0.05, 0) is 55.2 Å². The second-order valence-electron chi connectivity index (χ2n) is 9.61. The Morgan fingerprint density at radius 2 is 1.64 bits per heavy atom. The number of hydrogen-bond acceptors (Lipinski definition) is 4. The van der Waals surface area contributed by atoms with Crippen molar-refractivity contribution in [1.82, 2.24) is 14.7 Å². The van der Waals surface area contributed by atoms with Gasteiger partial charge in [0.15, 0.2) is 0 Å². The van der Waals surface area contributed by atoms with Crippen LogP contribution in [0, 0.1) is 12.8 Å². The first-order valence-electron chi connectivity index (χ1n) is 12.4. The third-order valence-corrected chi connectivity index (χ3v) is 6.17. The summed E-state index contributed by atoms with van der Waals surface area (Å²) in [5.74, 6) is 1.84. The number of hydrogen-bond donors (Lipinski definition) is 1. The number of ether oxygens (including phenoxy) is 1. The normalized spacial score (nSPS) is 12.3. The monoisotopic (exact) mass is 503 g/mol. The molecule has 5 nitrogen and oxygen atoms in total. The summed E-state index contributed by atoms with van der Waals surface area (Å²) in [4.78, 5) is 2.29. The van der Waals surface area contributed by atoms with Crippen LogP contribution in [0.3, 0.4) is 0 Å². The first-order chi connectivity index (χ1) is 17.4. The molecule has 1 aromatic heterocycles. The third-order valence-electron chi connectivity index (χ3n) is 5.94. The summed E-state index contributed by atoms with van der Waals surface area (Å²) in [5.41, 5.74) is 3.84. The van der Waals surface area contributed by atoms with E-state index in [0.29, 0.717) is 36.3 Å². The maximum Gasteiger partial charge on any atom is 0.227 e. The van der Waals surface area contributed by atoms with Crippen molar-refractivity contribution in [1.29, 1.82) is 0 Å². The van der Waals surface area contributed by atoms with Crippen LogP contribution in [0.4, 0.5) is 0 Å². The Bertz CT molecular complexity index is 1240. The Labute approximate surface area is 218 Å². The summed E-state index contributed by atoms with van der Waals surface area (Å²) in [7, 11) is 0. The molecule has 1 unspecified atom stereocenters. The smallest absolute Gasteiger partial charge is 0.227 e. The number of halogens is 1. The van der Waals surface area contributed by atoms with Gasteiger partial charge in [-0.2, -0.15) is 5.10 Å². The first-order valence-corrected chi connectivity index (χ1v) is 12.8. The molecule has 1 atom stereocenters. The maximum absolute atomic E-state index is 10.9. The number of aliphatic hydroxyl groups is 1. The van der Waals surface area contributed by atoms with Gasteiger partial charge in [0.05, 0.1) is 23.0 Å². The molecule has 0 aliphatic rings. The van der Waals surface area contributed by atoms with Crippen LogP contribution in [0.15, 0.2) is 84.9 Å². The molecular weight excluding hydrogens is 470 g/mol. The number of nitrogens with zero attached hydrogens (tertiary/aromatic N) is 3. The number of aliphatic hydroxyl groups excluding tert-OH is 1. The number of rotatable bonds is 11. The largest absolute Gasteiger partial charge is 0.439 e. The Hall–Kier alpha value is -3.12. The fourth-order valence-corrected chi connectivity index (χ4v) is 4.59. The molecule has 0 aliphatic heterocycles. The van der Waals surface area contributed by atoms with Gasteiger partial charge in [0.25, 0.3) is 0 Å². The van der Waals surface area contributed by atoms with Crippen LogP contribution < -0.4 is 4.74 Å². The summed E-state index contributed by atoms with van der Waals surface area (Å²) in [6, 6.07) is 27.5. The van der Waals surface area contributed by atoms with E-state index in [2.05, 4.69) is 30.9 Å². The standard InChI is InChI=1S/C30H34ClN3O2/c1-22(2)19-33(20-27(35)17-24-11-6-4-7-12-24)21-29-23(3)32-34(26-14-10-13-25(31)18-26)30(29)36-28-15-8-5-9-16-28/h4-16,18,22,27,35H,17,19-21H2,1-3H3. The van der Waals surface area contributed by atoms with Crippen LogP contribution >= 0.6 is 11.6 Å². The van der Waals surface area contributed by atoms with Crippen molar-refractivity contribution in [2.24, 2.45) is 5.92 Å². The molecule has 0 saturated heterocycles. The van der Waals surface area contributed by atoms with Gasteiger partial charge in [-0.15, -0.1) is 0 Å². The van der Waals surface area contributed by atoms with Gasteiger partial charge in [-0.3, -0.25) is 4.90 Å². The molecular formula is C30H34ClN3O2. The lowest BCUT2D eigenvalue weighted by molar-refractivity contribution is 0.101.